The zero-order chi connectivity index (χ0) is 14.4. The Kier molecular flexibility index (Phi) is 5.09. The third-order valence-electron chi connectivity index (χ3n) is 3.14. The normalized spacial score (nSPS) is 12.4. The van der Waals surface area contributed by atoms with Gasteiger partial charge in [0.15, 0.2) is 0 Å². The van der Waals surface area contributed by atoms with Crippen LogP contribution in [0.4, 0.5) is 0 Å². The maximum absolute atomic E-state index is 10.2. The molecule has 4 heteroatoms. The topological polar surface area (TPSA) is 45.6 Å². The second-order valence-corrected chi connectivity index (χ2v) is 4.81. The lowest BCUT2D eigenvalue weighted by Gasteiger charge is -2.20. The first-order chi connectivity index (χ1) is 9.69. The van der Waals surface area contributed by atoms with E-state index in [0.717, 1.165) is 17.0 Å². The van der Waals surface area contributed by atoms with Gasteiger partial charge in [-0.15, -0.1) is 0 Å². The molecule has 2 rings (SSSR count). The first kappa shape index (κ1) is 14.5. The molecule has 0 bridgehead atoms. The molecule has 1 aromatic heterocycles. The average molecular weight is 272 g/mol. The standard InChI is InChI=1S/C16H20N2O2/c1-18(11-14-5-3-4-10-17-14)12-16(19)13-6-8-15(20-2)9-7-13/h3-10,16,19H,11-12H2,1-2H3. The van der Waals surface area contributed by atoms with Gasteiger partial charge in [-0.1, -0.05) is 18.2 Å². The van der Waals surface area contributed by atoms with Crippen molar-refractivity contribution in [2.45, 2.75) is 12.6 Å². The molecule has 0 aliphatic rings. The molecule has 0 fully saturated rings. The fourth-order valence-corrected chi connectivity index (χ4v) is 2.06. The number of hydrogen-bond donors (Lipinski definition) is 1. The highest BCUT2D eigenvalue weighted by Crippen LogP contribution is 2.18. The summed E-state index contributed by atoms with van der Waals surface area (Å²) in [5.41, 5.74) is 1.88. The minimum atomic E-state index is -0.519. The van der Waals surface area contributed by atoms with Crippen LogP contribution in [0.3, 0.4) is 0 Å². The Morgan fingerprint density at radius 3 is 2.55 bits per heavy atom. The van der Waals surface area contributed by atoms with Crippen molar-refractivity contribution in [1.82, 2.24) is 9.88 Å². The minimum absolute atomic E-state index is 0.519. The Morgan fingerprint density at radius 1 is 1.20 bits per heavy atom. The van der Waals surface area contributed by atoms with Gasteiger partial charge in [-0.3, -0.25) is 9.88 Å². The van der Waals surface area contributed by atoms with Gasteiger partial charge in [0.05, 0.1) is 18.9 Å². The van der Waals surface area contributed by atoms with Crippen molar-refractivity contribution in [2.75, 3.05) is 20.7 Å². The van der Waals surface area contributed by atoms with E-state index in [4.69, 9.17) is 4.74 Å². The number of hydrogen-bond acceptors (Lipinski definition) is 4. The summed E-state index contributed by atoms with van der Waals surface area (Å²) in [7, 11) is 3.60. The van der Waals surface area contributed by atoms with E-state index in [1.807, 2.05) is 49.5 Å². The largest absolute Gasteiger partial charge is 0.497 e. The third kappa shape index (κ3) is 4.05. The summed E-state index contributed by atoms with van der Waals surface area (Å²) in [4.78, 5) is 6.33. The van der Waals surface area contributed by atoms with Crippen molar-refractivity contribution in [2.24, 2.45) is 0 Å². The van der Waals surface area contributed by atoms with E-state index in [9.17, 15) is 5.11 Å². The maximum Gasteiger partial charge on any atom is 0.118 e. The van der Waals surface area contributed by atoms with Crippen LogP contribution in [0.2, 0.25) is 0 Å². The molecule has 0 amide bonds. The van der Waals surface area contributed by atoms with E-state index < -0.39 is 6.10 Å². The van der Waals surface area contributed by atoms with Gasteiger partial charge in [-0.25, -0.2) is 0 Å². The molecule has 2 aromatic rings. The smallest absolute Gasteiger partial charge is 0.118 e. The molecule has 1 heterocycles. The highest BCUT2D eigenvalue weighted by Gasteiger charge is 2.11. The highest BCUT2D eigenvalue weighted by atomic mass is 16.5. The van der Waals surface area contributed by atoms with Gasteiger partial charge in [0.1, 0.15) is 5.75 Å². The lowest BCUT2D eigenvalue weighted by molar-refractivity contribution is 0.123. The number of pyridine rings is 1. The van der Waals surface area contributed by atoms with Crippen LogP contribution in [0.15, 0.2) is 48.7 Å². The number of aromatic nitrogens is 1. The monoisotopic (exact) mass is 272 g/mol. The van der Waals surface area contributed by atoms with Crippen molar-refractivity contribution in [3.05, 3.63) is 59.9 Å². The van der Waals surface area contributed by atoms with Gasteiger partial charge in [0.2, 0.25) is 0 Å². The van der Waals surface area contributed by atoms with E-state index in [1.54, 1.807) is 13.3 Å². The molecule has 0 saturated heterocycles. The van der Waals surface area contributed by atoms with Crippen molar-refractivity contribution in [3.63, 3.8) is 0 Å². The lowest BCUT2D eigenvalue weighted by Crippen LogP contribution is -2.24. The summed E-state index contributed by atoms with van der Waals surface area (Å²) in [5, 5.41) is 10.2. The van der Waals surface area contributed by atoms with Crippen molar-refractivity contribution >= 4 is 0 Å². The Hall–Kier alpha value is -1.91. The van der Waals surface area contributed by atoms with Crippen LogP contribution in [-0.4, -0.2) is 35.7 Å². The zero-order valence-electron chi connectivity index (χ0n) is 11.9. The molecule has 1 aromatic carbocycles. The summed E-state index contributed by atoms with van der Waals surface area (Å²) >= 11 is 0. The van der Waals surface area contributed by atoms with E-state index in [-0.39, 0.29) is 0 Å². The van der Waals surface area contributed by atoms with Crippen LogP contribution < -0.4 is 4.74 Å². The number of aliphatic hydroxyl groups is 1. The van der Waals surface area contributed by atoms with Gasteiger partial charge < -0.3 is 9.84 Å². The van der Waals surface area contributed by atoms with Crippen LogP contribution in [0, 0.1) is 0 Å². The summed E-state index contributed by atoms with van der Waals surface area (Å²) < 4.78 is 5.11. The molecular weight excluding hydrogens is 252 g/mol. The van der Waals surface area contributed by atoms with Crippen molar-refractivity contribution in [3.8, 4) is 5.75 Å². The van der Waals surface area contributed by atoms with Crippen LogP contribution >= 0.6 is 0 Å². The van der Waals surface area contributed by atoms with Gasteiger partial charge in [0, 0.05) is 19.3 Å². The van der Waals surface area contributed by atoms with Gasteiger partial charge >= 0.3 is 0 Å². The number of aliphatic hydroxyl groups excluding tert-OH is 1. The molecule has 4 nitrogen and oxygen atoms in total. The minimum Gasteiger partial charge on any atom is -0.497 e. The molecular formula is C16H20N2O2. The number of ether oxygens (including phenoxy) is 1. The molecule has 0 saturated carbocycles. The van der Waals surface area contributed by atoms with Crippen molar-refractivity contribution < 1.29 is 9.84 Å². The first-order valence-electron chi connectivity index (χ1n) is 6.59. The Labute approximate surface area is 119 Å². The first-order valence-corrected chi connectivity index (χ1v) is 6.59. The fourth-order valence-electron chi connectivity index (χ4n) is 2.06. The lowest BCUT2D eigenvalue weighted by atomic mass is 10.1. The highest BCUT2D eigenvalue weighted by molar-refractivity contribution is 5.28. The summed E-state index contributed by atoms with van der Waals surface area (Å²) in [6.45, 7) is 1.27. The molecule has 0 radical (unpaired) electrons. The number of likely N-dealkylation sites (N-methyl/N-ethyl adjacent to an activating group) is 1. The molecule has 106 valence electrons. The fraction of sp³-hybridized carbons (Fsp3) is 0.312. The maximum atomic E-state index is 10.2. The third-order valence-corrected chi connectivity index (χ3v) is 3.14. The Bertz CT molecular complexity index is 514. The van der Waals surface area contributed by atoms with Crippen LogP contribution in [0.5, 0.6) is 5.75 Å². The van der Waals surface area contributed by atoms with Gasteiger partial charge in [0.25, 0.3) is 0 Å². The van der Waals surface area contributed by atoms with Gasteiger partial charge in [-0.2, -0.15) is 0 Å². The second-order valence-electron chi connectivity index (χ2n) is 4.81. The quantitative estimate of drug-likeness (QED) is 0.876. The van der Waals surface area contributed by atoms with E-state index in [2.05, 4.69) is 9.88 Å². The number of methoxy groups -OCH3 is 1. The van der Waals surface area contributed by atoms with E-state index in [1.165, 1.54) is 0 Å². The summed E-state index contributed by atoms with van der Waals surface area (Å²) in [5.74, 6) is 0.794. The number of benzene rings is 1. The molecule has 0 spiro atoms. The molecule has 1 atom stereocenters. The Morgan fingerprint density at radius 2 is 1.95 bits per heavy atom. The molecule has 1 N–H and O–H groups in total. The SMILES string of the molecule is COc1ccc(C(O)CN(C)Cc2ccccn2)cc1. The average Bonchev–Trinajstić information content (AvgIpc) is 2.48. The summed E-state index contributed by atoms with van der Waals surface area (Å²) in [6.07, 6.45) is 1.26. The van der Waals surface area contributed by atoms with Gasteiger partial charge in [-0.05, 0) is 36.9 Å². The Balaban J connectivity index is 1.91. The second kappa shape index (κ2) is 7.03. The number of nitrogens with zero attached hydrogens (tertiary/aromatic N) is 2. The molecule has 20 heavy (non-hydrogen) atoms. The molecule has 1 unspecified atom stereocenters. The molecule has 0 aliphatic heterocycles. The predicted molar refractivity (Wildman–Crippen MR) is 78.5 cm³/mol. The summed E-state index contributed by atoms with van der Waals surface area (Å²) in [6, 6.07) is 13.3. The number of rotatable bonds is 6. The zero-order valence-corrected chi connectivity index (χ0v) is 11.9. The van der Waals surface area contributed by atoms with E-state index >= 15 is 0 Å². The predicted octanol–water partition coefficient (Wildman–Crippen LogP) is 2.26. The van der Waals surface area contributed by atoms with Crippen LogP contribution in [0.25, 0.3) is 0 Å². The molecule has 0 aliphatic carbocycles. The van der Waals surface area contributed by atoms with Crippen LogP contribution in [-0.2, 0) is 6.54 Å². The van der Waals surface area contributed by atoms with Crippen LogP contribution in [0.1, 0.15) is 17.4 Å². The van der Waals surface area contributed by atoms with Crippen molar-refractivity contribution in [1.29, 1.82) is 0 Å². The van der Waals surface area contributed by atoms with E-state index in [0.29, 0.717) is 13.1 Å².